The molecule has 1 aliphatic carbocycles. The standard InChI is InChI=1S/C26H24N4O3S/c27-25(28)19-7-5-16-6-8-20(15-21(16)14-19)26(31)30-12-11-18-13-17(9-10-23(18)30)22-3-1-2-4-24(22)34(29,32)33/h1-10,14-15,18H,11-13H2,(H3,27,28)(H2,29,32,33). The lowest BCUT2D eigenvalue weighted by molar-refractivity contribution is 0.0823. The second-order valence-corrected chi connectivity index (χ2v) is 10.2. The Morgan fingerprint density at radius 1 is 0.971 bits per heavy atom. The molecule has 5 rings (SSSR count). The Labute approximate surface area is 197 Å². The number of carbonyl (C=O) groups is 1. The summed E-state index contributed by atoms with van der Waals surface area (Å²) in [5, 5.41) is 14.9. The van der Waals surface area contributed by atoms with Crippen LogP contribution in [0.15, 0.2) is 83.4 Å². The number of nitrogens with one attached hydrogen (secondary N) is 1. The number of nitrogens with two attached hydrogens (primary N) is 2. The van der Waals surface area contributed by atoms with Gasteiger partial charge in [0.1, 0.15) is 5.84 Å². The van der Waals surface area contributed by atoms with Crippen LogP contribution in [0.5, 0.6) is 0 Å². The number of likely N-dealkylation sites (tertiary alicyclic amines) is 1. The van der Waals surface area contributed by atoms with Gasteiger partial charge in [-0.25, -0.2) is 13.6 Å². The van der Waals surface area contributed by atoms with E-state index in [4.69, 9.17) is 16.3 Å². The van der Waals surface area contributed by atoms with Crippen LogP contribution in [-0.4, -0.2) is 31.6 Å². The van der Waals surface area contributed by atoms with E-state index in [1.807, 2.05) is 42.5 Å². The molecule has 1 aliphatic heterocycles. The second-order valence-electron chi connectivity index (χ2n) is 8.66. The molecule has 0 spiro atoms. The molecule has 0 aromatic heterocycles. The molecule has 172 valence electrons. The zero-order valence-corrected chi connectivity index (χ0v) is 19.2. The van der Waals surface area contributed by atoms with Crippen molar-refractivity contribution in [3.05, 3.63) is 95.2 Å². The van der Waals surface area contributed by atoms with Crippen molar-refractivity contribution in [2.45, 2.75) is 17.7 Å². The highest BCUT2D eigenvalue weighted by Gasteiger charge is 2.35. The van der Waals surface area contributed by atoms with Crippen molar-refractivity contribution >= 4 is 38.1 Å². The Morgan fingerprint density at radius 3 is 2.41 bits per heavy atom. The minimum atomic E-state index is -3.84. The zero-order valence-electron chi connectivity index (χ0n) is 18.4. The van der Waals surface area contributed by atoms with Crippen molar-refractivity contribution in [1.29, 1.82) is 5.41 Å². The van der Waals surface area contributed by atoms with Crippen molar-refractivity contribution in [2.24, 2.45) is 16.8 Å². The first kappa shape index (κ1) is 22.1. The van der Waals surface area contributed by atoms with E-state index in [2.05, 4.69) is 0 Å². The monoisotopic (exact) mass is 472 g/mol. The van der Waals surface area contributed by atoms with Crippen LogP contribution in [0.4, 0.5) is 0 Å². The summed E-state index contributed by atoms with van der Waals surface area (Å²) in [5.41, 5.74) is 9.26. The smallest absolute Gasteiger partial charge is 0.258 e. The average molecular weight is 473 g/mol. The summed E-state index contributed by atoms with van der Waals surface area (Å²) in [6, 6.07) is 17.8. The first-order chi connectivity index (χ1) is 16.2. The molecule has 34 heavy (non-hydrogen) atoms. The van der Waals surface area contributed by atoms with Gasteiger partial charge < -0.3 is 10.6 Å². The molecule has 7 nitrogen and oxygen atoms in total. The number of sulfonamides is 1. The van der Waals surface area contributed by atoms with Gasteiger partial charge in [0.25, 0.3) is 5.91 Å². The number of hydrogen-bond donors (Lipinski definition) is 3. The highest BCUT2D eigenvalue weighted by atomic mass is 32.2. The van der Waals surface area contributed by atoms with Gasteiger partial charge in [-0.1, -0.05) is 42.5 Å². The number of nitrogen functional groups attached to an aromatic ring is 1. The van der Waals surface area contributed by atoms with E-state index in [1.54, 1.807) is 29.2 Å². The predicted octanol–water partition coefficient (Wildman–Crippen LogP) is 3.60. The SMILES string of the molecule is N=C(N)c1ccc2ccc(C(=O)N3CCC4CC(c5ccccc5S(N)(=O)=O)=CC=C43)cc2c1. The number of rotatable bonds is 4. The number of nitrogens with zero attached hydrogens (tertiary/aromatic N) is 1. The molecule has 0 radical (unpaired) electrons. The van der Waals surface area contributed by atoms with E-state index in [1.165, 1.54) is 6.07 Å². The normalized spacial score (nSPS) is 17.8. The molecule has 0 saturated carbocycles. The molecule has 1 heterocycles. The van der Waals surface area contributed by atoms with Crippen LogP contribution < -0.4 is 10.9 Å². The number of hydrogen-bond acceptors (Lipinski definition) is 4. The molecule has 5 N–H and O–H groups in total. The van der Waals surface area contributed by atoms with Gasteiger partial charge in [0, 0.05) is 29.3 Å². The van der Waals surface area contributed by atoms with Gasteiger partial charge in [-0.3, -0.25) is 10.2 Å². The van der Waals surface area contributed by atoms with Gasteiger partial charge in [0.15, 0.2) is 0 Å². The minimum absolute atomic E-state index is 0.0139. The van der Waals surface area contributed by atoms with Crippen LogP contribution in [0, 0.1) is 11.3 Å². The van der Waals surface area contributed by atoms with Crippen LogP contribution in [0.1, 0.15) is 34.3 Å². The van der Waals surface area contributed by atoms with Crippen LogP contribution in [0.2, 0.25) is 0 Å². The van der Waals surface area contributed by atoms with Crippen molar-refractivity contribution in [3.8, 4) is 0 Å². The maximum Gasteiger partial charge on any atom is 0.258 e. The number of amidine groups is 1. The van der Waals surface area contributed by atoms with Crippen LogP contribution in [-0.2, 0) is 10.0 Å². The van der Waals surface area contributed by atoms with E-state index in [0.29, 0.717) is 29.7 Å². The number of carbonyl (C=O) groups excluding carboxylic acids is 1. The molecule has 1 amide bonds. The van der Waals surface area contributed by atoms with Crippen LogP contribution >= 0.6 is 0 Å². The van der Waals surface area contributed by atoms with Gasteiger partial charge in [-0.2, -0.15) is 0 Å². The lowest BCUT2D eigenvalue weighted by atomic mass is 9.87. The summed E-state index contributed by atoms with van der Waals surface area (Å²) in [4.78, 5) is 15.3. The Hall–Kier alpha value is -3.75. The largest absolute Gasteiger partial charge is 0.384 e. The fourth-order valence-electron chi connectivity index (χ4n) is 4.84. The number of primary sulfonamides is 1. The Bertz CT molecular complexity index is 1520. The molecule has 1 fully saturated rings. The lowest BCUT2D eigenvalue weighted by Gasteiger charge is -2.25. The van der Waals surface area contributed by atoms with Crippen molar-refractivity contribution in [2.75, 3.05) is 6.54 Å². The Morgan fingerprint density at radius 2 is 1.68 bits per heavy atom. The summed E-state index contributed by atoms with van der Waals surface area (Å²) >= 11 is 0. The number of amides is 1. The molecule has 1 saturated heterocycles. The first-order valence-corrected chi connectivity index (χ1v) is 12.5. The fourth-order valence-corrected chi connectivity index (χ4v) is 5.61. The van der Waals surface area contributed by atoms with E-state index >= 15 is 0 Å². The minimum Gasteiger partial charge on any atom is -0.384 e. The Kier molecular flexibility index (Phi) is 5.34. The number of fused-ring (bicyclic) bond motifs is 2. The predicted molar refractivity (Wildman–Crippen MR) is 133 cm³/mol. The summed E-state index contributed by atoms with van der Waals surface area (Å²) < 4.78 is 24.1. The average Bonchev–Trinajstić information content (AvgIpc) is 3.25. The molecule has 3 aromatic carbocycles. The Balaban J connectivity index is 1.46. The van der Waals surface area contributed by atoms with Gasteiger partial charge in [0.2, 0.25) is 10.0 Å². The summed E-state index contributed by atoms with van der Waals surface area (Å²) in [6.45, 7) is 0.596. The van der Waals surface area contributed by atoms with Crippen molar-refractivity contribution < 1.29 is 13.2 Å². The molecule has 1 atom stereocenters. The number of allylic oxidation sites excluding steroid dienone is 4. The van der Waals surface area contributed by atoms with E-state index < -0.39 is 10.0 Å². The third-order valence-electron chi connectivity index (χ3n) is 6.54. The fraction of sp³-hybridized carbons (Fsp3) is 0.154. The maximum atomic E-state index is 13.4. The molecule has 0 bridgehead atoms. The molecule has 1 unspecified atom stereocenters. The van der Waals surface area contributed by atoms with E-state index in [-0.39, 0.29) is 22.6 Å². The zero-order chi connectivity index (χ0) is 24.0. The number of benzene rings is 3. The quantitative estimate of drug-likeness (QED) is 0.395. The van der Waals surface area contributed by atoms with E-state index in [9.17, 15) is 13.2 Å². The second kappa shape index (κ2) is 8.23. The van der Waals surface area contributed by atoms with Gasteiger partial charge in [-0.15, -0.1) is 0 Å². The first-order valence-electron chi connectivity index (χ1n) is 11.0. The highest BCUT2D eigenvalue weighted by molar-refractivity contribution is 7.89. The molecule has 8 heteroatoms. The highest BCUT2D eigenvalue weighted by Crippen LogP contribution is 2.41. The van der Waals surface area contributed by atoms with Crippen molar-refractivity contribution in [1.82, 2.24) is 4.90 Å². The topological polar surface area (TPSA) is 130 Å². The van der Waals surface area contributed by atoms with Crippen LogP contribution in [0.25, 0.3) is 16.3 Å². The third kappa shape index (κ3) is 3.91. The molecule has 3 aromatic rings. The maximum absolute atomic E-state index is 13.4. The molecular formula is C26H24N4O3S. The molecule has 2 aliphatic rings. The third-order valence-corrected chi connectivity index (χ3v) is 7.50. The summed E-state index contributed by atoms with van der Waals surface area (Å²) in [7, 11) is -3.84. The summed E-state index contributed by atoms with van der Waals surface area (Å²) in [6.07, 6.45) is 5.25. The van der Waals surface area contributed by atoms with E-state index in [0.717, 1.165) is 28.5 Å². The van der Waals surface area contributed by atoms with Gasteiger partial charge in [0.05, 0.1) is 4.90 Å². The molecular weight excluding hydrogens is 448 g/mol. The van der Waals surface area contributed by atoms with Crippen molar-refractivity contribution in [3.63, 3.8) is 0 Å². The lowest BCUT2D eigenvalue weighted by Crippen LogP contribution is -2.27. The van der Waals surface area contributed by atoms with Gasteiger partial charge in [-0.05, 0) is 65.1 Å². The summed E-state index contributed by atoms with van der Waals surface area (Å²) in [5.74, 6) is 0.0351. The van der Waals surface area contributed by atoms with Gasteiger partial charge >= 0.3 is 0 Å². The van der Waals surface area contributed by atoms with Crippen LogP contribution in [0.3, 0.4) is 0 Å².